The Morgan fingerprint density at radius 1 is 1.24 bits per heavy atom. The van der Waals surface area contributed by atoms with E-state index in [1.807, 2.05) is 42.2 Å². The van der Waals surface area contributed by atoms with Crippen molar-refractivity contribution in [3.8, 4) is 11.9 Å². The van der Waals surface area contributed by atoms with Gasteiger partial charge in [0, 0.05) is 18.8 Å². The molecule has 130 valence electrons. The van der Waals surface area contributed by atoms with Crippen LogP contribution >= 0.6 is 0 Å². The molecule has 0 saturated carbocycles. The van der Waals surface area contributed by atoms with E-state index in [9.17, 15) is 5.26 Å². The second-order valence-corrected chi connectivity index (χ2v) is 5.60. The summed E-state index contributed by atoms with van der Waals surface area (Å²) in [7, 11) is 0. The first-order valence-corrected chi connectivity index (χ1v) is 8.41. The molecule has 1 aliphatic heterocycles. The predicted molar refractivity (Wildman–Crippen MR) is 95.3 cm³/mol. The molecule has 2 aromatic rings. The highest BCUT2D eigenvalue weighted by Crippen LogP contribution is 2.29. The lowest BCUT2D eigenvalue weighted by molar-refractivity contribution is 0.122. The molecule has 0 aliphatic carbocycles. The van der Waals surface area contributed by atoms with E-state index in [4.69, 9.17) is 9.47 Å². The number of ether oxygens (including phenoxy) is 2. The van der Waals surface area contributed by atoms with Gasteiger partial charge in [-0.1, -0.05) is 25.1 Å². The molecule has 1 aromatic carbocycles. The lowest BCUT2D eigenvalue weighted by Gasteiger charge is -2.29. The van der Waals surface area contributed by atoms with E-state index in [0.717, 1.165) is 12.1 Å². The lowest BCUT2D eigenvalue weighted by Crippen LogP contribution is -2.37. The number of para-hydroxylation sites is 1. The van der Waals surface area contributed by atoms with Crippen LogP contribution in [0.25, 0.3) is 0 Å². The Morgan fingerprint density at radius 3 is 2.68 bits per heavy atom. The Balaban J connectivity index is 1.98. The molecule has 0 unspecified atom stereocenters. The molecule has 1 aliphatic rings. The van der Waals surface area contributed by atoms with Crippen LogP contribution in [0.1, 0.15) is 18.9 Å². The minimum Gasteiger partial charge on any atom is -0.477 e. The van der Waals surface area contributed by atoms with Crippen LogP contribution in [0, 0.1) is 11.3 Å². The number of hydrogen-bond acceptors (Lipinski definition) is 7. The number of nitriles is 1. The second-order valence-electron chi connectivity index (χ2n) is 5.60. The van der Waals surface area contributed by atoms with Crippen molar-refractivity contribution >= 4 is 17.5 Å². The Labute approximate surface area is 147 Å². The Bertz CT molecular complexity index is 739. The third-order valence-electron chi connectivity index (χ3n) is 3.75. The average Bonchev–Trinajstić information content (AvgIpc) is 2.67. The van der Waals surface area contributed by atoms with Crippen LogP contribution in [0.4, 0.5) is 17.5 Å². The SMILES string of the molecule is CCCOc1nc(Nc2ccccc2)nc(N2CCOCC2)c1C#N. The molecule has 7 heteroatoms. The number of morpholine rings is 1. The molecule has 0 bridgehead atoms. The first kappa shape index (κ1) is 17.0. The van der Waals surface area contributed by atoms with E-state index in [1.54, 1.807) is 0 Å². The van der Waals surface area contributed by atoms with Crippen molar-refractivity contribution in [1.82, 2.24) is 9.97 Å². The fourth-order valence-corrected chi connectivity index (χ4v) is 2.54. The molecule has 1 saturated heterocycles. The topological polar surface area (TPSA) is 83.3 Å². The summed E-state index contributed by atoms with van der Waals surface area (Å²) in [5.41, 5.74) is 1.25. The van der Waals surface area contributed by atoms with Gasteiger partial charge >= 0.3 is 0 Å². The van der Waals surface area contributed by atoms with Crippen molar-refractivity contribution < 1.29 is 9.47 Å². The Kier molecular flexibility index (Phi) is 5.65. The zero-order valence-electron chi connectivity index (χ0n) is 14.2. The summed E-state index contributed by atoms with van der Waals surface area (Å²) in [5.74, 6) is 1.32. The highest BCUT2D eigenvalue weighted by atomic mass is 16.5. The maximum Gasteiger partial charge on any atom is 0.238 e. The normalized spacial score (nSPS) is 14.0. The van der Waals surface area contributed by atoms with E-state index in [-0.39, 0.29) is 0 Å². The third-order valence-corrected chi connectivity index (χ3v) is 3.75. The summed E-state index contributed by atoms with van der Waals surface area (Å²) in [6.07, 6.45) is 0.837. The van der Waals surface area contributed by atoms with Gasteiger partial charge in [-0.15, -0.1) is 0 Å². The summed E-state index contributed by atoms with van der Waals surface area (Å²) in [5, 5.41) is 12.8. The zero-order valence-corrected chi connectivity index (χ0v) is 14.2. The zero-order chi connectivity index (χ0) is 17.5. The molecule has 0 atom stereocenters. The third kappa shape index (κ3) is 4.17. The largest absolute Gasteiger partial charge is 0.477 e. The van der Waals surface area contributed by atoms with Gasteiger partial charge in [0.25, 0.3) is 0 Å². The van der Waals surface area contributed by atoms with E-state index in [1.165, 1.54) is 0 Å². The quantitative estimate of drug-likeness (QED) is 0.866. The molecule has 25 heavy (non-hydrogen) atoms. The molecular weight excluding hydrogens is 318 g/mol. The van der Waals surface area contributed by atoms with Crippen molar-refractivity contribution in [2.24, 2.45) is 0 Å². The highest BCUT2D eigenvalue weighted by Gasteiger charge is 2.22. The summed E-state index contributed by atoms with van der Waals surface area (Å²) in [6.45, 7) is 5.11. The van der Waals surface area contributed by atoms with E-state index < -0.39 is 0 Å². The maximum absolute atomic E-state index is 9.62. The second kappa shape index (κ2) is 8.31. The van der Waals surface area contributed by atoms with Crippen molar-refractivity contribution in [2.75, 3.05) is 43.1 Å². The van der Waals surface area contributed by atoms with Crippen molar-refractivity contribution in [3.05, 3.63) is 35.9 Å². The number of rotatable bonds is 6. The molecule has 7 nitrogen and oxygen atoms in total. The molecular formula is C18H21N5O2. The fourth-order valence-electron chi connectivity index (χ4n) is 2.54. The fraction of sp³-hybridized carbons (Fsp3) is 0.389. The maximum atomic E-state index is 9.62. The van der Waals surface area contributed by atoms with Crippen molar-refractivity contribution in [1.29, 1.82) is 5.26 Å². The summed E-state index contributed by atoms with van der Waals surface area (Å²) in [6, 6.07) is 11.9. The first-order chi connectivity index (χ1) is 12.3. The molecule has 2 heterocycles. The van der Waals surface area contributed by atoms with Crippen molar-refractivity contribution in [2.45, 2.75) is 13.3 Å². The molecule has 0 radical (unpaired) electrons. The number of benzene rings is 1. The highest BCUT2D eigenvalue weighted by molar-refractivity contribution is 5.63. The molecule has 0 spiro atoms. The van der Waals surface area contributed by atoms with Crippen molar-refractivity contribution in [3.63, 3.8) is 0 Å². The summed E-state index contributed by atoms with van der Waals surface area (Å²) >= 11 is 0. The number of aromatic nitrogens is 2. The molecule has 1 aromatic heterocycles. The monoisotopic (exact) mass is 339 g/mol. The van der Waals surface area contributed by atoms with Crippen LogP contribution in [0.15, 0.2) is 30.3 Å². The number of hydrogen-bond donors (Lipinski definition) is 1. The van der Waals surface area contributed by atoms with Crippen LogP contribution in [-0.2, 0) is 4.74 Å². The molecule has 1 fully saturated rings. The molecule has 1 N–H and O–H groups in total. The van der Waals surface area contributed by atoms with E-state index in [2.05, 4.69) is 21.4 Å². The smallest absolute Gasteiger partial charge is 0.238 e. The van der Waals surface area contributed by atoms with Crippen LogP contribution in [0.2, 0.25) is 0 Å². The van der Waals surface area contributed by atoms with Crippen LogP contribution in [-0.4, -0.2) is 42.9 Å². The van der Waals surface area contributed by atoms with Gasteiger partial charge in [0.15, 0.2) is 11.4 Å². The van der Waals surface area contributed by atoms with Gasteiger partial charge in [-0.3, -0.25) is 0 Å². The first-order valence-electron chi connectivity index (χ1n) is 8.41. The standard InChI is InChI=1S/C18H21N5O2/c1-2-10-25-17-15(13-19)16(23-8-11-24-12-9-23)21-18(22-17)20-14-6-4-3-5-7-14/h3-7H,2,8-12H2,1H3,(H,20,21,22). The van der Waals surface area contributed by atoms with Crippen LogP contribution in [0.3, 0.4) is 0 Å². The van der Waals surface area contributed by atoms with E-state index >= 15 is 0 Å². The van der Waals surface area contributed by atoms with Gasteiger partial charge in [0.2, 0.25) is 11.8 Å². The van der Waals surface area contributed by atoms with Crippen LogP contribution < -0.4 is 15.0 Å². The Hall–Kier alpha value is -2.85. The average molecular weight is 339 g/mol. The van der Waals surface area contributed by atoms with Gasteiger partial charge in [-0.2, -0.15) is 15.2 Å². The molecule has 0 amide bonds. The number of anilines is 3. The van der Waals surface area contributed by atoms with Gasteiger partial charge in [0.05, 0.1) is 19.8 Å². The number of nitrogens with zero attached hydrogens (tertiary/aromatic N) is 4. The van der Waals surface area contributed by atoms with Gasteiger partial charge in [0.1, 0.15) is 6.07 Å². The van der Waals surface area contributed by atoms with Crippen LogP contribution in [0.5, 0.6) is 5.88 Å². The summed E-state index contributed by atoms with van der Waals surface area (Å²) < 4.78 is 11.1. The van der Waals surface area contributed by atoms with E-state index in [0.29, 0.717) is 56.1 Å². The number of nitrogens with one attached hydrogen (secondary N) is 1. The molecule has 3 rings (SSSR count). The summed E-state index contributed by atoms with van der Waals surface area (Å²) in [4.78, 5) is 11.0. The van der Waals surface area contributed by atoms with Gasteiger partial charge in [-0.05, 0) is 18.6 Å². The minimum atomic E-state index is 0.319. The lowest BCUT2D eigenvalue weighted by atomic mass is 10.2. The van der Waals surface area contributed by atoms with Gasteiger partial charge in [-0.25, -0.2) is 0 Å². The van der Waals surface area contributed by atoms with Gasteiger partial charge < -0.3 is 19.7 Å². The minimum absolute atomic E-state index is 0.319. The Morgan fingerprint density at radius 2 is 2.00 bits per heavy atom. The predicted octanol–water partition coefficient (Wildman–Crippen LogP) is 2.72.